The van der Waals surface area contributed by atoms with Gasteiger partial charge in [-0.25, -0.2) is 4.39 Å². The van der Waals surface area contributed by atoms with Crippen LogP contribution in [0, 0.1) is 5.82 Å². The predicted octanol–water partition coefficient (Wildman–Crippen LogP) is 2.38. The number of hydrogen-bond acceptors (Lipinski definition) is 2. The van der Waals surface area contributed by atoms with E-state index in [4.69, 9.17) is 11.6 Å². The maximum absolute atomic E-state index is 13.3. The first kappa shape index (κ1) is 13.4. The number of benzene rings is 1. The molecule has 0 aliphatic heterocycles. The third-order valence-electron chi connectivity index (χ3n) is 2.27. The van der Waals surface area contributed by atoms with E-state index >= 15 is 0 Å². The third-order valence-corrected chi connectivity index (χ3v) is 2.51. The monoisotopic (exact) mass is 245 g/mol. The summed E-state index contributed by atoms with van der Waals surface area (Å²) in [5.74, 6) is -0.320. The molecule has 1 unspecified atom stereocenters. The minimum absolute atomic E-state index is 0.281. The first-order valence-electron chi connectivity index (χ1n) is 5.46. The Labute approximate surface area is 100 Å². The van der Waals surface area contributed by atoms with Crippen LogP contribution in [0.15, 0.2) is 18.2 Å². The van der Waals surface area contributed by atoms with Crippen molar-refractivity contribution in [3.8, 4) is 0 Å². The van der Waals surface area contributed by atoms with E-state index in [0.29, 0.717) is 17.1 Å². The molecule has 1 aromatic rings. The van der Waals surface area contributed by atoms with Crippen LogP contribution in [0.1, 0.15) is 18.9 Å². The minimum atomic E-state index is -0.584. The Morgan fingerprint density at radius 1 is 1.50 bits per heavy atom. The molecule has 0 fully saturated rings. The fraction of sp³-hybridized carbons (Fsp3) is 0.500. The SMILES string of the molecule is CCCNCC(O)Cc1cc(Cl)ccc1F. The summed E-state index contributed by atoms with van der Waals surface area (Å²) in [5, 5.41) is 13.2. The number of halogens is 2. The quantitative estimate of drug-likeness (QED) is 0.755. The zero-order valence-corrected chi connectivity index (χ0v) is 10.1. The number of hydrogen-bond donors (Lipinski definition) is 2. The molecule has 0 spiro atoms. The Balaban J connectivity index is 2.48. The highest BCUT2D eigenvalue weighted by Gasteiger charge is 2.09. The van der Waals surface area contributed by atoms with Crippen LogP contribution >= 0.6 is 11.6 Å². The van der Waals surface area contributed by atoms with Gasteiger partial charge in [0.2, 0.25) is 0 Å². The van der Waals surface area contributed by atoms with Crippen LogP contribution in [0.25, 0.3) is 0 Å². The summed E-state index contributed by atoms with van der Waals surface area (Å²) < 4.78 is 13.3. The Bertz CT molecular complexity index is 333. The summed E-state index contributed by atoms with van der Waals surface area (Å²) in [7, 11) is 0. The van der Waals surface area contributed by atoms with Crippen molar-refractivity contribution in [2.75, 3.05) is 13.1 Å². The number of aliphatic hydroxyl groups excluding tert-OH is 1. The molecule has 0 aliphatic carbocycles. The Hall–Kier alpha value is -0.640. The molecule has 0 bridgehead atoms. The highest BCUT2D eigenvalue weighted by Crippen LogP contribution is 2.16. The second-order valence-electron chi connectivity index (χ2n) is 3.80. The van der Waals surface area contributed by atoms with Crippen LogP contribution in [0.2, 0.25) is 5.02 Å². The first-order valence-corrected chi connectivity index (χ1v) is 5.84. The number of aliphatic hydroxyl groups is 1. The van der Waals surface area contributed by atoms with Gasteiger partial charge in [-0.3, -0.25) is 0 Å². The van der Waals surface area contributed by atoms with E-state index in [0.717, 1.165) is 13.0 Å². The molecule has 4 heteroatoms. The third kappa shape index (κ3) is 4.47. The van der Waals surface area contributed by atoms with Crippen LogP contribution < -0.4 is 5.32 Å². The molecule has 0 saturated heterocycles. The summed E-state index contributed by atoms with van der Waals surface area (Å²) in [6.45, 7) is 3.38. The lowest BCUT2D eigenvalue weighted by atomic mass is 10.1. The van der Waals surface area contributed by atoms with Crippen molar-refractivity contribution in [2.24, 2.45) is 0 Å². The average Bonchev–Trinajstić information content (AvgIpc) is 2.24. The van der Waals surface area contributed by atoms with E-state index in [9.17, 15) is 9.50 Å². The van der Waals surface area contributed by atoms with Crippen molar-refractivity contribution >= 4 is 11.6 Å². The van der Waals surface area contributed by atoms with Gasteiger partial charge in [0.1, 0.15) is 5.82 Å². The molecule has 0 aliphatic rings. The maximum atomic E-state index is 13.3. The molecule has 0 aromatic heterocycles. The highest BCUT2D eigenvalue weighted by atomic mass is 35.5. The molecule has 1 rings (SSSR count). The van der Waals surface area contributed by atoms with E-state index in [1.54, 1.807) is 6.07 Å². The molecule has 0 amide bonds. The van der Waals surface area contributed by atoms with Crippen LogP contribution in [-0.4, -0.2) is 24.3 Å². The molecule has 1 aromatic carbocycles. The predicted molar refractivity (Wildman–Crippen MR) is 64.3 cm³/mol. The Morgan fingerprint density at radius 3 is 2.94 bits per heavy atom. The molecule has 0 heterocycles. The van der Waals surface area contributed by atoms with E-state index in [1.807, 2.05) is 0 Å². The van der Waals surface area contributed by atoms with Crippen molar-refractivity contribution in [3.63, 3.8) is 0 Å². The van der Waals surface area contributed by atoms with Gasteiger partial charge >= 0.3 is 0 Å². The fourth-order valence-electron chi connectivity index (χ4n) is 1.47. The van der Waals surface area contributed by atoms with Crippen LogP contribution in [0.5, 0.6) is 0 Å². The molecule has 1 atom stereocenters. The largest absolute Gasteiger partial charge is 0.391 e. The number of nitrogens with one attached hydrogen (secondary N) is 1. The molecule has 0 saturated carbocycles. The van der Waals surface area contributed by atoms with Gasteiger partial charge in [0, 0.05) is 18.0 Å². The summed E-state index contributed by atoms with van der Waals surface area (Å²) in [6, 6.07) is 4.38. The second kappa shape index (κ2) is 6.84. The summed E-state index contributed by atoms with van der Waals surface area (Å²) in [4.78, 5) is 0. The van der Waals surface area contributed by atoms with Gasteiger partial charge in [0.25, 0.3) is 0 Å². The lowest BCUT2D eigenvalue weighted by molar-refractivity contribution is 0.171. The molecular formula is C12H17ClFNO. The lowest BCUT2D eigenvalue weighted by Gasteiger charge is -2.12. The van der Waals surface area contributed by atoms with E-state index in [1.165, 1.54) is 12.1 Å². The molecule has 90 valence electrons. The summed E-state index contributed by atoms with van der Waals surface area (Å²) in [6.07, 6.45) is 0.709. The van der Waals surface area contributed by atoms with Gasteiger partial charge in [-0.2, -0.15) is 0 Å². The molecule has 2 N–H and O–H groups in total. The van der Waals surface area contributed by atoms with Crippen molar-refractivity contribution < 1.29 is 9.50 Å². The normalized spacial score (nSPS) is 12.8. The van der Waals surface area contributed by atoms with Crippen LogP contribution in [0.3, 0.4) is 0 Å². The molecular weight excluding hydrogens is 229 g/mol. The lowest BCUT2D eigenvalue weighted by Crippen LogP contribution is -2.29. The standard InChI is InChI=1S/C12H17ClFNO/c1-2-5-15-8-11(16)7-9-6-10(13)3-4-12(9)14/h3-4,6,11,15-16H,2,5,7-8H2,1H3. The maximum Gasteiger partial charge on any atom is 0.126 e. The zero-order valence-electron chi connectivity index (χ0n) is 9.34. The van der Waals surface area contributed by atoms with Gasteiger partial charge in [-0.15, -0.1) is 0 Å². The molecule has 2 nitrogen and oxygen atoms in total. The van der Waals surface area contributed by atoms with E-state index in [2.05, 4.69) is 12.2 Å². The van der Waals surface area contributed by atoms with Crippen molar-refractivity contribution in [1.82, 2.24) is 5.32 Å². The van der Waals surface area contributed by atoms with Gasteiger partial charge in [0.05, 0.1) is 6.10 Å². The van der Waals surface area contributed by atoms with Gasteiger partial charge in [0.15, 0.2) is 0 Å². The van der Waals surface area contributed by atoms with Gasteiger partial charge in [-0.05, 0) is 36.7 Å². The molecule has 0 radical (unpaired) electrons. The van der Waals surface area contributed by atoms with Crippen molar-refractivity contribution in [1.29, 1.82) is 0 Å². The Morgan fingerprint density at radius 2 is 2.25 bits per heavy atom. The fourth-order valence-corrected chi connectivity index (χ4v) is 1.67. The smallest absolute Gasteiger partial charge is 0.126 e. The molecule has 16 heavy (non-hydrogen) atoms. The van der Waals surface area contributed by atoms with Gasteiger partial charge in [-0.1, -0.05) is 18.5 Å². The average molecular weight is 246 g/mol. The number of rotatable bonds is 6. The minimum Gasteiger partial charge on any atom is -0.391 e. The topological polar surface area (TPSA) is 32.3 Å². The second-order valence-corrected chi connectivity index (χ2v) is 4.23. The highest BCUT2D eigenvalue weighted by molar-refractivity contribution is 6.30. The summed E-state index contributed by atoms with van der Waals surface area (Å²) >= 11 is 5.76. The van der Waals surface area contributed by atoms with E-state index in [-0.39, 0.29) is 12.2 Å². The van der Waals surface area contributed by atoms with Crippen LogP contribution in [0.4, 0.5) is 4.39 Å². The zero-order chi connectivity index (χ0) is 12.0. The van der Waals surface area contributed by atoms with Crippen molar-refractivity contribution in [3.05, 3.63) is 34.6 Å². The van der Waals surface area contributed by atoms with Crippen molar-refractivity contribution in [2.45, 2.75) is 25.9 Å². The first-order chi connectivity index (χ1) is 7.63. The van der Waals surface area contributed by atoms with E-state index < -0.39 is 6.10 Å². The summed E-state index contributed by atoms with van der Waals surface area (Å²) in [5.41, 5.74) is 0.457. The van der Waals surface area contributed by atoms with Gasteiger partial charge < -0.3 is 10.4 Å². The Kier molecular flexibility index (Phi) is 5.74. The van der Waals surface area contributed by atoms with Crippen LogP contribution in [-0.2, 0) is 6.42 Å².